The summed E-state index contributed by atoms with van der Waals surface area (Å²) in [6.45, 7) is 2.26. The maximum absolute atomic E-state index is 13.2. The molecule has 0 radical (unpaired) electrons. The average molecular weight is 492 g/mol. The summed E-state index contributed by atoms with van der Waals surface area (Å²) in [5.74, 6) is -0.597. The van der Waals surface area contributed by atoms with Crippen LogP contribution in [0.2, 0.25) is 0 Å². The molecular weight excluding hydrogens is 465 g/mol. The van der Waals surface area contributed by atoms with E-state index in [2.05, 4.69) is 10.6 Å². The van der Waals surface area contributed by atoms with Crippen LogP contribution in [0.5, 0.6) is 11.5 Å². The van der Waals surface area contributed by atoms with Gasteiger partial charge in [-0.3, -0.25) is 9.59 Å². The maximum atomic E-state index is 13.2. The second-order valence-corrected chi connectivity index (χ2v) is 10.2. The van der Waals surface area contributed by atoms with Gasteiger partial charge in [0, 0.05) is 19.6 Å². The Bertz CT molecular complexity index is 1170. The summed E-state index contributed by atoms with van der Waals surface area (Å²) in [7, 11) is -3.85. The highest BCUT2D eigenvalue weighted by molar-refractivity contribution is 7.89. The molecule has 2 aromatic rings. The molecule has 2 amide bonds. The molecule has 0 bridgehead atoms. The van der Waals surface area contributed by atoms with E-state index in [1.165, 1.54) is 16.4 Å². The van der Waals surface area contributed by atoms with Crippen molar-refractivity contribution in [3.8, 4) is 11.5 Å². The Labute approximate surface area is 197 Å². The second kappa shape index (κ2) is 9.98. The first kappa shape index (κ1) is 24.0. The number of hydrogen-bond acceptors (Lipinski definition) is 6. The molecule has 1 saturated heterocycles. The second-order valence-electron chi connectivity index (χ2n) is 8.29. The molecule has 0 aromatic heterocycles. The van der Waals surface area contributed by atoms with Crippen molar-refractivity contribution < 1.29 is 31.9 Å². The average Bonchev–Trinajstić information content (AvgIpc) is 3.30. The first-order valence-electron chi connectivity index (χ1n) is 11.0. The summed E-state index contributed by atoms with van der Waals surface area (Å²) in [5, 5.41) is 5.45. The molecule has 34 heavy (non-hydrogen) atoms. The number of ether oxygens (including phenoxy) is 2. The van der Waals surface area contributed by atoms with Gasteiger partial charge in [0.2, 0.25) is 28.6 Å². The minimum absolute atomic E-state index is 0.00290. The molecule has 2 N–H and O–H groups in total. The van der Waals surface area contributed by atoms with Crippen molar-refractivity contribution in [1.29, 1.82) is 0 Å². The zero-order valence-electron chi connectivity index (χ0n) is 18.6. The van der Waals surface area contributed by atoms with Crippen LogP contribution >= 0.6 is 0 Å². The van der Waals surface area contributed by atoms with Crippen molar-refractivity contribution in [2.75, 3.05) is 19.9 Å². The topological polar surface area (TPSA) is 114 Å². The molecular formula is C23H26FN3O6S. The predicted molar refractivity (Wildman–Crippen MR) is 120 cm³/mol. The number of rotatable bonds is 7. The molecule has 2 aliphatic rings. The molecule has 2 aromatic carbocycles. The van der Waals surface area contributed by atoms with E-state index in [-0.39, 0.29) is 43.1 Å². The van der Waals surface area contributed by atoms with Gasteiger partial charge in [-0.2, -0.15) is 4.31 Å². The molecule has 11 heteroatoms. The molecule has 2 heterocycles. The number of halogens is 1. The quantitative estimate of drug-likeness (QED) is 0.610. The number of fused-ring (bicyclic) bond motifs is 1. The normalized spacial score (nSPS) is 18.8. The fourth-order valence-electron chi connectivity index (χ4n) is 3.92. The van der Waals surface area contributed by atoms with E-state index in [1.54, 1.807) is 19.1 Å². The number of piperidine rings is 1. The van der Waals surface area contributed by atoms with Gasteiger partial charge in [-0.1, -0.05) is 6.07 Å². The number of benzene rings is 2. The van der Waals surface area contributed by atoms with Crippen molar-refractivity contribution >= 4 is 21.8 Å². The summed E-state index contributed by atoms with van der Waals surface area (Å²) in [5.41, 5.74) is 0.824. The van der Waals surface area contributed by atoms with Gasteiger partial charge in [-0.25, -0.2) is 12.8 Å². The highest BCUT2D eigenvalue weighted by atomic mass is 32.2. The fourth-order valence-corrected chi connectivity index (χ4v) is 5.44. The van der Waals surface area contributed by atoms with Gasteiger partial charge in [-0.05, 0) is 61.7 Å². The third-order valence-electron chi connectivity index (χ3n) is 5.86. The van der Waals surface area contributed by atoms with E-state index < -0.39 is 27.8 Å². The lowest BCUT2D eigenvalue weighted by atomic mass is 9.98. The lowest BCUT2D eigenvalue weighted by molar-refractivity contribution is -0.131. The maximum Gasteiger partial charge on any atom is 0.243 e. The van der Waals surface area contributed by atoms with Crippen LogP contribution in [-0.2, 0) is 26.2 Å². The number of amides is 2. The van der Waals surface area contributed by atoms with Crippen LogP contribution in [0.1, 0.15) is 25.3 Å². The Balaban J connectivity index is 1.30. The van der Waals surface area contributed by atoms with E-state index in [0.29, 0.717) is 24.3 Å². The monoisotopic (exact) mass is 491 g/mol. The standard InChI is InChI=1S/C23H26FN3O6S/c1-15(22(28)25-12-16-4-9-20-21(11-16)33-14-32-20)26-23(29)17-3-2-10-27(13-17)34(30,31)19-7-5-18(24)6-8-19/h4-9,11,15,17H,2-3,10,12-14H2,1H3,(H,25,28)(H,26,29)/t15-,17+/m0/s1. The highest BCUT2D eigenvalue weighted by Gasteiger charge is 2.34. The van der Waals surface area contributed by atoms with Gasteiger partial charge in [0.05, 0.1) is 10.8 Å². The molecule has 2 aliphatic heterocycles. The number of nitrogens with one attached hydrogen (secondary N) is 2. The summed E-state index contributed by atoms with van der Waals surface area (Å²) in [4.78, 5) is 25.2. The molecule has 0 spiro atoms. The van der Waals surface area contributed by atoms with Crippen LogP contribution in [0.3, 0.4) is 0 Å². The van der Waals surface area contributed by atoms with Crippen LogP contribution in [0.15, 0.2) is 47.4 Å². The van der Waals surface area contributed by atoms with Crippen LogP contribution in [0.4, 0.5) is 4.39 Å². The minimum Gasteiger partial charge on any atom is -0.454 e. The zero-order chi connectivity index (χ0) is 24.3. The van der Waals surface area contributed by atoms with Gasteiger partial charge in [0.15, 0.2) is 11.5 Å². The third kappa shape index (κ3) is 5.31. The van der Waals surface area contributed by atoms with E-state index in [0.717, 1.165) is 17.7 Å². The Morgan fingerprint density at radius 3 is 2.65 bits per heavy atom. The molecule has 9 nitrogen and oxygen atoms in total. The first-order chi connectivity index (χ1) is 16.2. The third-order valence-corrected chi connectivity index (χ3v) is 7.74. The van der Waals surface area contributed by atoms with Gasteiger partial charge >= 0.3 is 0 Å². The number of hydrogen-bond donors (Lipinski definition) is 2. The number of carbonyl (C=O) groups is 2. The minimum atomic E-state index is -3.85. The largest absolute Gasteiger partial charge is 0.454 e. The van der Waals surface area contributed by atoms with E-state index >= 15 is 0 Å². The molecule has 1 fully saturated rings. The van der Waals surface area contributed by atoms with Gasteiger partial charge in [0.1, 0.15) is 11.9 Å². The Hall–Kier alpha value is -3.18. The van der Waals surface area contributed by atoms with Crippen molar-refractivity contribution in [2.24, 2.45) is 5.92 Å². The summed E-state index contributed by atoms with van der Waals surface area (Å²) in [6, 6.07) is 9.16. The summed E-state index contributed by atoms with van der Waals surface area (Å²) < 4.78 is 50.8. The molecule has 4 rings (SSSR count). The van der Waals surface area contributed by atoms with Crippen molar-refractivity contribution in [3.63, 3.8) is 0 Å². The number of sulfonamides is 1. The smallest absolute Gasteiger partial charge is 0.243 e. The molecule has 182 valence electrons. The Morgan fingerprint density at radius 1 is 1.15 bits per heavy atom. The van der Waals surface area contributed by atoms with Crippen LogP contribution in [0.25, 0.3) is 0 Å². The molecule has 0 aliphatic carbocycles. The predicted octanol–water partition coefficient (Wildman–Crippen LogP) is 1.78. The van der Waals surface area contributed by atoms with Gasteiger partial charge in [-0.15, -0.1) is 0 Å². The zero-order valence-corrected chi connectivity index (χ0v) is 19.4. The van der Waals surface area contributed by atoms with Crippen LogP contribution in [0, 0.1) is 11.7 Å². The first-order valence-corrected chi connectivity index (χ1v) is 12.4. The Morgan fingerprint density at radius 2 is 1.88 bits per heavy atom. The fraction of sp³-hybridized carbons (Fsp3) is 0.391. The number of carbonyl (C=O) groups excluding carboxylic acids is 2. The SMILES string of the molecule is C[C@H](NC(=O)[C@@H]1CCCN(S(=O)(=O)c2ccc(F)cc2)C1)C(=O)NCc1ccc2c(c1)OCO2. The van der Waals surface area contributed by atoms with Crippen molar-refractivity contribution in [3.05, 3.63) is 53.8 Å². The van der Waals surface area contributed by atoms with E-state index in [4.69, 9.17) is 9.47 Å². The molecule has 2 atom stereocenters. The molecule has 0 saturated carbocycles. The van der Waals surface area contributed by atoms with Crippen LogP contribution < -0.4 is 20.1 Å². The number of nitrogens with zero attached hydrogens (tertiary/aromatic N) is 1. The summed E-state index contributed by atoms with van der Waals surface area (Å²) >= 11 is 0. The van der Waals surface area contributed by atoms with Crippen molar-refractivity contribution in [1.82, 2.24) is 14.9 Å². The van der Waals surface area contributed by atoms with Gasteiger partial charge in [0.25, 0.3) is 0 Å². The lowest BCUT2D eigenvalue weighted by Crippen LogP contribution is -2.50. The molecule has 0 unspecified atom stereocenters. The highest BCUT2D eigenvalue weighted by Crippen LogP contribution is 2.32. The van der Waals surface area contributed by atoms with Crippen molar-refractivity contribution in [2.45, 2.75) is 37.2 Å². The van der Waals surface area contributed by atoms with Gasteiger partial charge < -0.3 is 20.1 Å². The van der Waals surface area contributed by atoms with E-state index in [1.807, 2.05) is 6.07 Å². The Kier molecular flexibility index (Phi) is 7.03. The summed E-state index contributed by atoms with van der Waals surface area (Å²) in [6.07, 6.45) is 1.01. The lowest BCUT2D eigenvalue weighted by Gasteiger charge is -2.31. The van der Waals surface area contributed by atoms with E-state index in [9.17, 15) is 22.4 Å². The van der Waals surface area contributed by atoms with Crippen LogP contribution in [-0.4, -0.2) is 50.5 Å².